The van der Waals surface area contributed by atoms with Gasteiger partial charge in [-0.15, -0.1) is 0 Å². The fourth-order valence-corrected chi connectivity index (χ4v) is 1.94. The number of halogens is 1. The molecular formula is C14H16FN3O. The molecule has 1 aliphatic rings. The van der Waals surface area contributed by atoms with Crippen LogP contribution in [0.2, 0.25) is 0 Å². The summed E-state index contributed by atoms with van der Waals surface area (Å²) in [5.41, 5.74) is 0.738. The number of benzene rings is 1. The summed E-state index contributed by atoms with van der Waals surface area (Å²) in [6, 6.07) is 5.45. The average molecular weight is 261 g/mol. The van der Waals surface area contributed by atoms with Gasteiger partial charge in [-0.3, -0.25) is 4.57 Å². The van der Waals surface area contributed by atoms with Crippen LogP contribution in [0.25, 0.3) is 5.69 Å². The summed E-state index contributed by atoms with van der Waals surface area (Å²) >= 11 is 0. The molecule has 0 saturated heterocycles. The highest BCUT2D eigenvalue weighted by atomic mass is 19.1. The third-order valence-corrected chi connectivity index (χ3v) is 3.04. The van der Waals surface area contributed by atoms with Gasteiger partial charge < -0.3 is 10.1 Å². The lowest BCUT2D eigenvalue weighted by molar-refractivity contribution is 0.321. The first-order valence-electron chi connectivity index (χ1n) is 6.50. The minimum atomic E-state index is -0.356. The van der Waals surface area contributed by atoms with Crippen molar-refractivity contribution in [2.75, 3.05) is 11.9 Å². The molecular weight excluding hydrogens is 245 g/mol. The Morgan fingerprint density at radius 2 is 2.32 bits per heavy atom. The van der Waals surface area contributed by atoms with E-state index in [1.54, 1.807) is 12.3 Å². The molecule has 0 amide bonds. The van der Waals surface area contributed by atoms with Crippen LogP contribution >= 0.6 is 0 Å². The quantitative estimate of drug-likeness (QED) is 0.899. The minimum absolute atomic E-state index is 0.281. The van der Waals surface area contributed by atoms with Crippen LogP contribution < -0.4 is 10.1 Å². The molecule has 0 bridgehead atoms. The van der Waals surface area contributed by atoms with Crippen molar-refractivity contribution < 1.29 is 9.13 Å². The number of rotatable bonds is 5. The zero-order valence-corrected chi connectivity index (χ0v) is 10.8. The van der Waals surface area contributed by atoms with Crippen molar-refractivity contribution in [2.24, 2.45) is 0 Å². The molecule has 4 nitrogen and oxygen atoms in total. The van der Waals surface area contributed by atoms with Crippen LogP contribution in [0.3, 0.4) is 0 Å². The molecule has 2 aromatic rings. The largest absolute Gasteiger partial charge is 0.491 e. The topological polar surface area (TPSA) is 39.1 Å². The van der Waals surface area contributed by atoms with Crippen molar-refractivity contribution in [3.05, 3.63) is 36.4 Å². The lowest BCUT2D eigenvalue weighted by atomic mass is 10.3. The second-order valence-corrected chi connectivity index (χ2v) is 4.59. The summed E-state index contributed by atoms with van der Waals surface area (Å²) < 4.78 is 20.9. The van der Waals surface area contributed by atoms with Crippen LogP contribution in [0.5, 0.6) is 5.75 Å². The van der Waals surface area contributed by atoms with E-state index in [0.29, 0.717) is 12.6 Å². The van der Waals surface area contributed by atoms with E-state index >= 15 is 0 Å². The molecule has 0 unspecified atom stereocenters. The number of imidazole rings is 1. The van der Waals surface area contributed by atoms with Gasteiger partial charge in [0.05, 0.1) is 12.3 Å². The van der Waals surface area contributed by atoms with Gasteiger partial charge in [0.2, 0.25) is 5.95 Å². The number of hydrogen-bond acceptors (Lipinski definition) is 3. The molecule has 0 radical (unpaired) electrons. The molecule has 1 heterocycles. The van der Waals surface area contributed by atoms with Crippen molar-refractivity contribution in [3.8, 4) is 11.4 Å². The van der Waals surface area contributed by atoms with Crippen molar-refractivity contribution >= 4 is 5.95 Å². The maximum atomic E-state index is 13.9. The highest BCUT2D eigenvalue weighted by Crippen LogP contribution is 2.26. The van der Waals surface area contributed by atoms with Crippen LogP contribution in [0, 0.1) is 5.82 Å². The molecule has 0 atom stereocenters. The van der Waals surface area contributed by atoms with Gasteiger partial charge >= 0.3 is 0 Å². The summed E-state index contributed by atoms with van der Waals surface area (Å²) in [7, 11) is 0. The number of ether oxygens (including phenoxy) is 1. The second-order valence-electron chi connectivity index (χ2n) is 4.59. The standard InChI is InChI=1S/C14H16FN3O/c1-2-19-13-6-5-11(9-12(13)15)18-8-7-16-14(18)17-10-3-4-10/h5-10H,2-4H2,1H3,(H,16,17). The summed E-state index contributed by atoms with van der Waals surface area (Å²) in [4.78, 5) is 4.26. The van der Waals surface area contributed by atoms with Gasteiger partial charge in [0.1, 0.15) is 0 Å². The van der Waals surface area contributed by atoms with E-state index in [9.17, 15) is 4.39 Å². The number of nitrogens with zero attached hydrogens (tertiary/aromatic N) is 2. The number of anilines is 1. The number of nitrogens with one attached hydrogen (secondary N) is 1. The first kappa shape index (κ1) is 12.0. The van der Waals surface area contributed by atoms with Crippen molar-refractivity contribution in [2.45, 2.75) is 25.8 Å². The van der Waals surface area contributed by atoms with Crippen LogP contribution in [-0.4, -0.2) is 22.2 Å². The molecule has 19 heavy (non-hydrogen) atoms. The lowest BCUT2D eigenvalue weighted by Gasteiger charge is -2.11. The molecule has 1 saturated carbocycles. The third-order valence-electron chi connectivity index (χ3n) is 3.04. The van der Waals surface area contributed by atoms with Crippen LogP contribution in [0.15, 0.2) is 30.6 Å². The normalized spacial score (nSPS) is 14.4. The predicted octanol–water partition coefficient (Wildman–Crippen LogP) is 2.98. The summed E-state index contributed by atoms with van der Waals surface area (Å²) in [6.45, 7) is 2.29. The van der Waals surface area contributed by atoms with Gasteiger partial charge in [0.25, 0.3) is 0 Å². The van der Waals surface area contributed by atoms with E-state index in [1.165, 1.54) is 18.9 Å². The smallest absolute Gasteiger partial charge is 0.207 e. The van der Waals surface area contributed by atoms with E-state index in [-0.39, 0.29) is 11.6 Å². The monoisotopic (exact) mass is 261 g/mol. The van der Waals surface area contributed by atoms with Crippen molar-refractivity contribution in [1.82, 2.24) is 9.55 Å². The highest BCUT2D eigenvalue weighted by Gasteiger charge is 2.22. The van der Waals surface area contributed by atoms with E-state index in [0.717, 1.165) is 11.6 Å². The molecule has 3 rings (SSSR count). The van der Waals surface area contributed by atoms with E-state index in [1.807, 2.05) is 23.8 Å². The van der Waals surface area contributed by atoms with Crippen LogP contribution in [0.4, 0.5) is 10.3 Å². The molecule has 1 fully saturated rings. The van der Waals surface area contributed by atoms with E-state index in [4.69, 9.17) is 4.74 Å². The maximum Gasteiger partial charge on any atom is 0.207 e. The van der Waals surface area contributed by atoms with Gasteiger partial charge in [-0.1, -0.05) is 0 Å². The van der Waals surface area contributed by atoms with Crippen LogP contribution in [0.1, 0.15) is 19.8 Å². The summed E-state index contributed by atoms with van der Waals surface area (Å²) in [6.07, 6.45) is 5.87. The average Bonchev–Trinajstić information content (AvgIpc) is 3.09. The lowest BCUT2D eigenvalue weighted by Crippen LogP contribution is -2.08. The molecule has 1 aliphatic carbocycles. The molecule has 0 aliphatic heterocycles. The van der Waals surface area contributed by atoms with Crippen LogP contribution in [-0.2, 0) is 0 Å². The zero-order valence-electron chi connectivity index (χ0n) is 10.8. The molecule has 0 spiro atoms. The fraction of sp³-hybridized carbons (Fsp3) is 0.357. The Morgan fingerprint density at radius 3 is 3.00 bits per heavy atom. The molecule has 100 valence electrons. The van der Waals surface area contributed by atoms with E-state index < -0.39 is 0 Å². The number of aromatic nitrogens is 2. The van der Waals surface area contributed by atoms with Crippen molar-refractivity contribution in [3.63, 3.8) is 0 Å². The maximum absolute atomic E-state index is 13.9. The number of hydrogen-bond donors (Lipinski definition) is 1. The molecule has 5 heteroatoms. The third kappa shape index (κ3) is 2.54. The molecule has 1 N–H and O–H groups in total. The van der Waals surface area contributed by atoms with Crippen molar-refractivity contribution in [1.29, 1.82) is 0 Å². The van der Waals surface area contributed by atoms with Gasteiger partial charge in [-0.2, -0.15) is 0 Å². The van der Waals surface area contributed by atoms with Gasteiger partial charge in [0, 0.05) is 24.5 Å². The minimum Gasteiger partial charge on any atom is -0.491 e. The highest BCUT2D eigenvalue weighted by molar-refractivity contribution is 5.45. The van der Waals surface area contributed by atoms with E-state index in [2.05, 4.69) is 10.3 Å². The zero-order chi connectivity index (χ0) is 13.2. The predicted molar refractivity (Wildman–Crippen MR) is 71.3 cm³/mol. The molecule has 1 aromatic heterocycles. The summed E-state index contributed by atoms with van der Waals surface area (Å²) in [5, 5.41) is 3.32. The first-order valence-corrected chi connectivity index (χ1v) is 6.50. The SMILES string of the molecule is CCOc1ccc(-n2ccnc2NC2CC2)cc1F. The Morgan fingerprint density at radius 1 is 1.47 bits per heavy atom. The Kier molecular flexibility index (Phi) is 3.11. The Labute approximate surface area is 111 Å². The van der Waals surface area contributed by atoms with Gasteiger partial charge in [0.15, 0.2) is 11.6 Å². The second kappa shape index (κ2) is 4.91. The Hall–Kier alpha value is -2.04. The first-order chi connectivity index (χ1) is 9.28. The fourth-order valence-electron chi connectivity index (χ4n) is 1.94. The Balaban J connectivity index is 1.88. The summed E-state index contributed by atoms with van der Waals surface area (Å²) in [5.74, 6) is 0.680. The van der Waals surface area contributed by atoms with Gasteiger partial charge in [-0.05, 0) is 31.9 Å². The molecule has 1 aromatic carbocycles. The van der Waals surface area contributed by atoms with Gasteiger partial charge in [-0.25, -0.2) is 9.37 Å². The Bertz CT molecular complexity index is 578.